The molecule has 0 aliphatic heterocycles. The summed E-state index contributed by atoms with van der Waals surface area (Å²) in [5.74, 6) is 0.826. The highest BCUT2D eigenvalue weighted by atomic mass is 16.5. The molecule has 0 saturated heterocycles. The molecule has 0 radical (unpaired) electrons. The molecule has 7 heteroatoms. The Morgan fingerprint density at radius 2 is 1.42 bits per heavy atom. The van der Waals surface area contributed by atoms with Gasteiger partial charge in [-0.3, -0.25) is 0 Å². The maximum Gasteiger partial charge on any atom is 0.449 e. The third kappa shape index (κ3) is 8.22. The van der Waals surface area contributed by atoms with Crippen molar-refractivity contribution in [3.05, 3.63) is 115 Å². The van der Waals surface area contributed by atoms with Gasteiger partial charge in [-0.05, 0) is 54.3 Å². The van der Waals surface area contributed by atoms with Crippen molar-refractivity contribution in [2.75, 3.05) is 30.3 Å². The Kier molecular flexibility index (Phi) is 9.91. The average Bonchev–Trinajstić information content (AvgIpc) is 2.94. The third-order valence-corrected chi connectivity index (χ3v) is 5.63. The van der Waals surface area contributed by atoms with E-state index < -0.39 is 0 Å². The minimum atomic E-state index is -0.213. The van der Waals surface area contributed by atoms with Gasteiger partial charge in [0.05, 0.1) is 0 Å². The molecule has 4 aromatic carbocycles. The maximum absolute atomic E-state index is 6.00. The van der Waals surface area contributed by atoms with E-state index in [9.17, 15) is 0 Å². The summed E-state index contributed by atoms with van der Waals surface area (Å²) < 4.78 is 17.7. The van der Waals surface area contributed by atoms with Crippen molar-refractivity contribution in [3.63, 3.8) is 0 Å². The SMILES string of the molecule is CCOB(Nc1ccccc1)c1ccc(OCc2ccc(BOCCNc3ccccc3)cc2)cc1. The van der Waals surface area contributed by atoms with E-state index in [0.717, 1.165) is 40.2 Å². The highest BCUT2D eigenvalue weighted by Gasteiger charge is 2.19. The molecule has 0 saturated carbocycles. The summed E-state index contributed by atoms with van der Waals surface area (Å²) in [6, 6.07) is 36.6. The first-order valence-electron chi connectivity index (χ1n) is 12.4. The largest absolute Gasteiger partial charge is 0.489 e. The number of hydrogen-bond acceptors (Lipinski definition) is 5. The van der Waals surface area contributed by atoms with Gasteiger partial charge in [0.2, 0.25) is 0 Å². The monoisotopic (exact) mass is 478 g/mol. The van der Waals surface area contributed by atoms with Crippen LogP contribution in [0.4, 0.5) is 11.4 Å². The van der Waals surface area contributed by atoms with Crippen molar-refractivity contribution in [2.24, 2.45) is 0 Å². The van der Waals surface area contributed by atoms with Crippen LogP contribution in [0.5, 0.6) is 5.75 Å². The summed E-state index contributed by atoms with van der Waals surface area (Å²) in [4.78, 5) is 0. The number of rotatable bonds is 14. The van der Waals surface area contributed by atoms with Crippen LogP contribution >= 0.6 is 0 Å². The van der Waals surface area contributed by atoms with Crippen molar-refractivity contribution >= 4 is 36.8 Å². The molecule has 5 nitrogen and oxygen atoms in total. The van der Waals surface area contributed by atoms with Crippen molar-refractivity contribution in [1.82, 2.24) is 0 Å². The molecule has 0 spiro atoms. The van der Waals surface area contributed by atoms with E-state index in [4.69, 9.17) is 14.0 Å². The van der Waals surface area contributed by atoms with Crippen molar-refractivity contribution in [2.45, 2.75) is 13.5 Å². The van der Waals surface area contributed by atoms with Gasteiger partial charge < -0.3 is 24.6 Å². The number of anilines is 2. The lowest BCUT2D eigenvalue weighted by Gasteiger charge is -2.16. The summed E-state index contributed by atoms with van der Waals surface area (Å²) in [6.07, 6.45) is 0. The Labute approximate surface area is 215 Å². The van der Waals surface area contributed by atoms with Crippen molar-refractivity contribution in [1.29, 1.82) is 0 Å². The lowest BCUT2D eigenvalue weighted by Crippen LogP contribution is -2.41. The van der Waals surface area contributed by atoms with Gasteiger partial charge in [-0.2, -0.15) is 0 Å². The zero-order valence-corrected chi connectivity index (χ0v) is 20.7. The van der Waals surface area contributed by atoms with Gasteiger partial charge in [-0.1, -0.05) is 78.3 Å². The van der Waals surface area contributed by atoms with E-state index in [-0.39, 0.29) is 7.05 Å². The van der Waals surface area contributed by atoms with Gasteiger partial charge in [0.25, 0.3) is 0 Å². The first-order chi connectivity index (χ1) is 17.8. The zero-order chi connectivity index (χ0) is 24.8. The molecule has 36 heavy (non-hydrogen) atoms. The van der Waals surface area contributed by atoms with E-state index in [1.165, 1.54) is 0 Å². The summed E-state index contributed by atoms with van der Waals surface area (Å²) in [6.45, 7) is 4.56. The number of benzene rings is 4. The number of para-hydroxylation sites is 2. The molecule has 4 aromatic rings. The third-order valence-electron chi connectivity index (χ3n) is 5.63. The standard InChI is InChI=1S/C29H32B2N2O3/c1-2-36-31(33-28-11-7-4-8-12-28)26-17-19-29(20-18-26)34-23-24-13-15-25(16-14-24)30-35-22-21-32-27-9-5-3-6-10-27/h3-20,30,32-33H,2,21-23H2,1H3. The van der Waals surface area contributed by atoms with Gasteiger partial charge in [0.15, 0.2) is 0 Å². The molecular formula is C29H32B2N2O3. The van der Waals surface area contributed by atoms with Gasteiger partial charge in [0.1, 0.15) is 12.4 Å². The predicted molar refractivity (Wildman–Crippen MR) is 152 cm³/mol. The van der Waals surface area contributed by atoms with E-state index in [2.05, 4.69) is 46.9 Å². The van der Waals surface area contributed by atoms with Crippen LogP contribution in [-0.2, 0) is 15.9 Å². The molecule has 0 atom stereocenters. The summed E-state index contributed by atoms with van der Waals surface area (Å²) in [7, 11) is 0.382. The highest BCUT2D eigenvalue weighted by Crippen LogP contribution is 2.12. The zero-order valence-electron chi connectivity index (χ0n) is 20.7. The van der Waals surface area contributed by atoms with E-state index in [1.54, 1.807) is 0 Å². The second-order valence-electron chi connectivity index (χ2n) is 8.37. The molecule has 0 heterocycles. The first-order valence-corrected chi connectivity index (χ1v) is 12.4. The molecule has 0 unspecified atom stereocenters. The molecule has 4 rings (SSSR count). The van der Waals surface area contributed by atoms with Gasteiger partial charge >= 0.3 is 14.5 Å². The topological polar surface area (TPSA) is 51.8 Å². The minimum Gasteiger partial charge on any atom is -0.489 e. The normalized spacial score (nSPS) is 10.5. The van der Waals surface area contributed by atoms with E-state index >= 15 is 0 Å². The minimum absolute atomic E-state index is 0.213. The smallest absolute Gasteiger partial charge is 0.449 e. The Morgan fingerprint density at radius 3 is 2.08 bits per heavy atom. The summed E-state index contributed by atoms with van der Waals surface area (Å²) in [5, 5.41) is 6.78. The Balaban J connectivity index is 1.20. The number of ether oxygens (including phenoxy) is 1. The van der Waals surface area contributed by atoms with Crippen LogP contribution in [0, 0.1) is 0 Å². The van der Waals surface area contributed by atoms with Crippen LogP contribution in [0.15, 0.2) is 109 Å². The second kappa shape index (κ2) is 14.0. The van der Waals surface area contributed by atoms with Crippen LogP contribution in [0.25, 0.3) is 0 Å². The molecule has 2 N–H and O–H groups in total. The molecule has 0 aliphatic carbocycles. The average molecular weight is 478 g/mol. The van der Waals surface area contributed by atoms with Crippen LogP contribution in [0.2, 0.25) is 0 Å². The number of nitrogens with one attached hydrogen (secondary N) is 2. The summed E-state index contributed by atoms with van der Waals surface area (Å²) >= 11 is 0. The molecular weight excluding hydrogens is 446 g/mol. The highest BCUT2D eigenvalue weighted by molar-refractivity contribution is 6.70. The molecule has 0 aromatic heterocycles. The fourth-order valence-corrected chi connectivity index (χ4v) is 3.72. The molecule has 0 bridgehead atoms. The molecule has 0 aliphatic rings. The number of hydrogen-bond donors (Lipinski definition) is 2. The van der Waals surface area contributed by atoms with E-state index in [0.29, 0.717) is 27.3 Å². The summed E-state index contributed by atoms with van der Waals surface area (Å²) in [5.41, 5.74) is 5.45. The van der Waals surface area contributed by atoms with Gasteiger partial charge in [-0.25, -0.2) is 0 Å². The predicted octanol–water partition coefficient (Wildman–Crippen LogP) is 4.21. The van der Waals surface area contributed by atoms with Gasteiger partial charge in [0, 0.05) is 31.1 Å². The maximum atomic E-state index is 6.00. The van der Waals surface area contributed by atoms with Crippen LogP contribution in [-0.4, -0.2) is 34.3 Å². The second-order valence-corrected chi connectivity index (χ2v) is 8.37. The van der Waals surface area contributed by atoms with E-state index in [1.807, 2.05) is 79.7 Å². The van der Waals surface area contributed by atoms with Crippen LogP contribution < -0.4 is 26.2 Å². The first kappa shape index (κ1) is 25.4. The molecule has 182 valence electrons. The van der Waals surface area contributed by atoms with Crippen LogP contribution in [0.1, 0.15) is 12.5 Å². The fourth-order valence-electron chi connectivity index (χ4n) is 3.72. The quantitative estimate of drug-likeness (QED) is 0.210. The Hall–Kier alpha value is -3.67. The van der Waals surface area contributed by atoms with Gasteiger partial charge in [-0.15, -0.1) is 0 Å². The lowest BCUT2D eigenvalue weighted by atomic mass is 9.73. The fraction of sp³-hybridized carbons (Fsp3) is 0.172. The lowest BCUT2D eigenvalue weighted by molar-refractivity contribution is 0.306. The van der Waals surface area contributed by atoms with Crippen LogP contribution in [0.3, 0.4) is 0 Å². The Bertz CT molecular complexity index is 1140. The van der Waals surface area contributed by atoms with Crippen molar-refractivity contribution < 1.29 is 14.0 Å². The van der Waals surface area contributed by atoms with Crippen molar-refractivity contribution in [3.8, 4) is 5.75 Å². The molecule has 0 amide bonds. The molecule has 0 fully saturated rings. The Morgan fingerprint density at radius 1 is 0.750 bits per heavy atom.